The van der Waals surface area contributed by atoms with Gasteiger partial charge in [-0.25, -0.2) is 0 Å². The van der Waals surface area contributed by atoms with Crippen LogP contribution in [0.15, 0.2) is 0 Å². The molecule has 2 aliphatic heterocycles. The van der Waals surface area contributed by atoms with Crippen molar-refractivity contribution in [3.8, 4) is 0 Å². The lowest BCUT2D eigenvalue weighted by Gasteiger charge is -2.31. The molecular formula is C15H28O4. The molecule has 0 aromatic carbocycles. The highest BCUT2D eigenvalue weighted by molar-refractivity contribution is 4.79. The third-order valence-electron chi connectivity index (χ3n) is 4.08. The molecule has 112 valence electrons. The zero-order chi connectivity index (χ0) is 13.6. The molecule has 19 heavy (non-hydrogen) atoms. The number of unbranched alkanes of at least 4 members (excludes halogenated alkanes) is 3. The highest BCUT2D eigenvalue weighted by Gasteiger charge is 2.40. The standard InChI is InChI=1S/C15H28O4/c1-3-4-5-6-7-15(18-12-13-19-15)9-8-14(2)16-10-11-17-14/h3-13H2,1-2H3. The summed E-state index contributed by atoms with van der Waals surface area (Å²) in [6, 6.07) is 0. The maximum atomic E-state index is 5.89. The highest BCUT2D eigenvalue weighted by atomic mass is 16.7. The second kappa shape index (κ2) is 7.02. The summed E-state index contributed by atoms with van der Waals surface area (Å²) in [4.78, 5) is 0. The Hall–Kier alpha value is -0.160. The van der Waals surface area contributed by atoms with Crippen molar-refractivity contribution in [1.82, 2.24) is 0 Å². The number of hydrogen-bond donors (Lipinski definition) is 0. The van der Waals surface area contributed by atoms with Crippen LogP contribution in [-0.2, 0) is 18.9 Å². The van der Waals surface area contributed by atoms with Crippen LogP contribution in [0.3, 0.4) is 0 Å². The van der Waals surface area contributed by atoms with E-state index < -0.39 is 5.79 Å². The molecule has 0 aliphatic carbocycles. The number of rotatable bonds is 8. The van der Waals surface area contributed by atoms with Crippen LogP contribution in [0, 0.1) is 0 Å². The third-order valence-corrected chi connectivity index (χ3v) is 4.08. The highest BCUT2D eigenvalue weighted by Crippen LogP contribution is 2.35. The lowest BCUT2D eigenvalue weighted by atomic mass is 9.99. The summed E-state index contributed by atoms with van der Waals surface area (Å²) in [6.45, 7) is 7.07. The van der Waals surface area contributed by atoms with Gasteiger partial charge in [-0.15, -0.1) is 0 Å². The zero-order valence-electron chi connectivity index (χ0n) is 12.4. The van der Waals surface area contributed by atoms with Crippen LogP contribution in [-0.4, -0.2) is 38.0 Å². The predicted octanol–water partition coefficient (Wildman–Crippen LogP) is 3.24. The maximum absolute atomic E-state index is 5.89. The Morgan fingerprint density at radius 2 is 1.37 bits per heavy atom. The molecular weight excluding hydrogens is 244 g/mol. The summed E-state index contributed by atoms with van der Waals surface area (Å²) in [5.74, 6) is -0.822. The normalized spacial score (nSPS) is 24.9. The van der Waals surface area contributed by atoms with Crippen LogP contribution >= 0.6 is 0 Å². The maximum Gasteiger partial charge on any atom is 0.168 e. The van der Waals surface area contributed by atoms with E-state index in [1.807, 2.05) is 6.92 Å². The number of ether oxygens (including phenoxy) is 4. The van der Waals surface area contributed by atoms with E-state index in [2.05, 4.69) is 6.92 Å². The Kier molecular flexibility index (Phi) is 5.63. The van der Waals surface area contributed by atoms with Crippen molar-refractivity contribution >= 4 is 0 Å². The topological polar surface area (TPSA) is 36.9 Å². The van der Waals surface area contributed by atoms with Crippen LogP contribution in [0.5, 0.6) is 0 Å². The average Bonchev–Trinajstić information content (AvgIpc) is 3.03. The molecule has 0 amide bonds. The largest absolute Gasteiger partial charge is 0.348 e. The zero-order valence-corrected chi connectivity index (χ0v) is 12.4. The summed E-state index contributed by atoms with van der Waals surface area (Å²) in [6.07, 6.45) is 7.66. The van der Waals surface area contributed by atoms with Crippen molar-refractivity contribution in [3.05, 3.63) is 0 Å². The molecule has 0 spiro atoms. The van der Waals surface area contributed by atoms with Crippen molar-refractivity contribution < 1.29 is 18.9 Å². The van der Waals surface area contributed by atoms with E-state index in [1.54, 1.807) is 0 Å². The Morgan fingerprint density at radius 3 is 2.00 bits per heavy atom. The van der Waals surface area contributed by atoms with Crippen molar-refractivity contribution in [1.29, 1.82) is 0 Å². The first-order valence-electron chi connectivity index (χ1n) is 7.74. The van der Waals surface area contributed by atoms with Crippen LogP contribution in [0.25, 0.3) is 0 Å². The average molecular weight is 272 g/mol. The molecule has 0 unspecified atom stereocenters. The van der Waals surface area contributed by atoms with E-state index in [9.17, 15) is 0 Å². The molecule has 2 aliphatic rings. The second-order valence-electron chi connectivity index (χ2n) is 5.75. The molecule has 0 saturated carbocycles. The quantitative estimate of drug-likeness (QED) is 0.636. The minimum Gasteiger partial charge on any atom is -0.348 e. The second-order valence-corrected chi connectivity index (χ2v) is 5.75. The Bertz CT molecular complexity index is 255. The molecule has 2 rings (SSSR count). The van der Waals surface area contributed by atoms with Gasteiger partial charge in [0, 0.05) is 19.3 Å². The first kappa shape index (κ1) is 15.2. The summed E-state index contributed by atoms with van der Waals surface area (Å²) < 4.78 is 23.1. The summed E-state index contributed by atoms with van der Waals surface area (Å²) in [7, 11) is 0. The fourth-order valence-electron chi connectivity index (χ4n) is 2.85. The van der Waals surface area contributed by atoms with Gasteiger partial charge in [-0.1, -0.05) is 26.2 Å². The van der Waals surface area contributed by atoms with Crippen LogP contribution < -0.4 is 0 Å². The molecule has 0 aromatic rings. The molecule has 0 atom stereocenters. The first-order chi connectivity index (χ1) is 9.18. The van der Waals surface area contributed by atoms with Gasteiger partial charge in [0.1, 0.15) is 0 Å². The monoisotopic (exact) mass is 272 g/mol. The summed E-state index contributed by atoms with van der Waals surface area (Å²) >= 11 is 0. The summed E-state index contributed by atoms with van der Waals surface area (Å²) in [5, 5.41) is 0. The predicted molar refractivity (Wildman–Crippen MR) is 72.9 cm³/mol. The smallest absolute Gasteiger partial charge is 0.168 e. The lowest BCUT2D eigenvalue weighted by Crippen LogP contribution is -2.35. The van der Waals surface area contributed by atoms with Gasteiger partial charge < -0.3 is 18.9 Å². The molecule has 0 aromatic heterocycles. The van der Waals surface area contributed by atoms with Gasteiger partial charge in [-0.3, -0.25) is 0 Å². The van der Waals surface area contributed by atoms with E-state index in [4.69, 9.17) is 18.9 Å². The van der Waals surface area contributed by atoms with E-state index in [0.717, 1.165) is 19.3 Å². The van der Waals surface area contributed by atoms with Crippen LogP contribution in [0.4, 0.5) is 0 Å². The minimum atomic E-state index is -0.439. The van der Waals surface area contributed by atoms with Crippen molar-refractivity contribution in [2.45, 2.75) is 70.4 Å². The van der Waals surface area contributed by atoms with Crippen LogP contribution in [0.1, 0.15) is 58.8 Å². The Morgan fingerprint density at radius 1 is 0.737 bits per heavy atom. The Balaban J connectivity index is 1.78. The molecule has 2 saturated heterocycles. The van der Waals surface area contributed by atoms with Crippen molar-refractivity contribution in [2.24, 2.45) is 0 Å². The molecule has 4 nitrogen and oxygen atoms in total. The van der Waals surface area contributed by atoms with Gasteiger partial charge in [0.25, 0.3) is 0 Å². The van der Waals surface area contributed by atoms with Gasteiger partial charge >= 0.3 is 0 Å². The SMILES string of the molecule is CCCCCCC1(CCC2(C)OCCO2)OCCO1. The molecule has 2 fully saturated rings. The van der Waals surface area contributed by atoms with Crippen LogP contribution in [0.2, 0.25) is 0 Å². The number of hydrogen-bond acceptors (Lipinski definition) is 4. The third kappa shape index (κ3) is 4.42. The minimum absolute atomic E-state index is 0.383. The molecule has 2 heterocycles. The van der Waals surface area contributed by atoms with Crippen molar-refractivity contribution in [2.75, 3.05) is 26.4 Å². The van der Waals surface area contributed by atoms with Gasteiger partial charge in [0.15, 0.2) is 11.6 Å². The van der Waals surface area contributed by atoms with E-state index >= 15 is 0 Å². The van der Waals surface area contributed by atoms with E-state index in [-0.39, 0.29) is 5.79 Å². The van der Waals surface area contributed by atoms with Gasteiger partial charge in [0.05, 0.1) is 26.4 Å². The summed E-state index contributed by atoms with van der Waals surface area (Å²) in [5.41, 5.74) is 0. The lowest BCUT2D eigenvalue weighted by molar-refractivity contribution is -0.200. The van der Waals surface area contributed by atoms with Gasteiger partial charge in [0.2, 0.25) is 0 Å². The fourth-order valence-corrected chi connectivity index (χ4v) is 2.85. The first-order valence-corrected chi connectivity index (χ1v) is 7.74. The molecule has 4 heteroatoms. The Labute approximate surface area is 116 Å². The van der Waals surface area contributed by atoms with E-state index in [0.29, 0.717) is 26.4 Å². The molecule has 0 bridgehead atoms. The van der Waals surface area contributed by atoms with Gasteiger partial charge in [-0.05, 0) is 13.3 Å². The van der Waals surface area contributed by atoms with Gasteiger partial charge in [-0.2, -0.15) is 0 Å². The van der Waals surface area contributed by atoms with Crippen molar-refractivity contribution in [3.63, 3.8) is 0 Å². The van der Waals surface area contributed by atoms with E-state index in [1.165, 1.54) is 25.7 Å². The molecule has 0 N–H and O–H groups in total. The molecule has 0 radical (unpaired) electrons. The fraction of sp³-hybridized carbons (Fsp3) is 1.00.